The van der Waals surface area contributed by atoms with Crippen LogP contribution < -0.4 is 0 Å². The Morgan fingerprint density at radius 3 is 1.38 bits per heavy atom. The maximum absolute atomic E-state index is 9.05. The molecule has 0 bridgehead atoms. The minimum Gasteiger partial charge on any atom is -0.309 e. The summed E-state index contributed by atoms with van der Waals surface area (Å²) in [6.07, 6.45) is 0. The Hall–Kier alpha value is -7.43. The van der Waals surface area contributed by atoms with Crippen LogP contribution in [0.15, 0.2) is 206 Å². The van der Waals surface area contributed by atoms with E-state index in [1.807, 2.05) is 109 Å². The van der Waals surface area contributed by atoms with Crippen LogP contribution in [0, 0.1) is 0 Å². The quantitative estimate of drug-likeness (QED) is 0.165. The zero-order valence-electron chi connectivity index (χ0n) is 38.2. The molecule has 0 atom stereocenters. The molecule has 0 saturated heterocycles. The monoisotopic (exact) mass is 711 g/mol. The maximum Gasteiger partial charge on any atom is 0.164 e. The summed E-state index contributed by atoms with van der Waals surface area (Å²) in [5, 5.41) is 0.711. The van der Waals surface area contributed by atoms with Gasteiger partial charge >= 0.3 is 0 Å². The average Bonchev–Trinajstić information content (AvgIpc) is 3.70. The zero-order valence-corrected chi connectivity index (χ0v) is 29.2. The first-order valence-corrected chi connectivity index (χ1v) is 17.8. The second kappa shape index (κ2) is 13.8. The molecule has 0 aliphatic rings. The summed E-state index contributed by atoms with van der Waals surface area (Å²) in [5.41, 5.74) is 7.89. The van der Waals surface area contributed by atoms with Crippen LogP contribution in [0.25, 0.3) is 95.0 Å². The van der Waals surface area contributed by atoms with Crippen LogP contribution >= 0.6 is 0 Å². The summed E-state index contributed by atoms with van der Waals surface area (Å²) in [6, 6.07) is 45.0. The van der Waals surface area contributed by atoms with Crippen LogP contribution in [0.4, 0.5) is 0 Å². The van der Waals surface area contributed by atoms with Gasteiger partial charge in [0.05, 0.1) is 23.4 Å². The molecule has 10 aromatic rings. The molecule has 0 aliphatic heterocycles. The van der Waals surface area contributed by atoms with E-state index in [-0.39, 0.29) is 28.6 Å². The van der Waals surface area contributed by atoms with Crippen molar-refractivity contribution >= 4 is 21.8 Å². The Bertz CT molecular complexity index is 3420. The molecule has 55 heavy (non-hydrogen) atoms. The average molecular weight is 712 g/mol. The molecule has 0 fully saturated rings. The Kier molecular flexibility index (Phi) is 6.04. The predicted octanol–water partition coefficient (Wildman–Crippen LogP) is 13.0. The number of hydrogen-bond donors (Lipinski definition) is 0. The normalized spacial score (nSPS) is 13.6. The highest BCUT2D eigenvalue weighted by atomic mass is 15.0. The third kappa shape index (κ3) is 6.06. The minimum absolute atomic E-state index is 0.0326. The molecule has 0 unspecified atom stereocenters. The van der Waals surface area contributed by atoms with Crippen LogP contribution in [0.5, 0.6) is 0 Å². The highest BCUT2D eigenvalue weighted by Gasteiger charge is 2.17. The first kappa shape index (κ1) is 24.0. The lowest BCUT2D eigenvalue weighted by Crippen LogP contribution is -2.00. The molecule has 4 nitrogen and oxygen atoms in total. The lowest BCUT2D eigenvalue weighted by molar-refractivity contribution is 1.07. The predicted molar refractivity (Wildman–Crippen MR) is 227 cm³/mol. The Morgan fingerprint density at radius 1 is 0.345 bits per heavy atom. The van der Waals surface area contributed by atoms with E-state index in [2.05, 4.69) is 24.3 Å². The van der Waals surface area contributed by atoms with Crippen molar-refractivity contribution in [3.63, 3.8) is 0 Å². The van der Waals surface area contributed by atoms with E-state index in [1.54, 1.807) is 22.8 Å². The fourth-order valence-corrected chi connectivity index (χ4v) is 7.02. The summed E-state index contributed by atoms with van der Waals surface area (Å²) in [4.78, 5) is 14.7. The molecule has 258 valence electrons. The molecule has 0 saturated carbocycles. The highest BCUT2D eigenvalue weighted by Crippen LogP contribution is 2.38. The topological polar surface area (TPSA) is 43.6 Å². The third-order valence-electron chi connectivity index (χ3n) is 9.71. The van der Waals surface area contributed by atoms with Crippen molar-refractivity contribution in [2.75, 3.05) is 0 Å². The van der Waals surface area contributed by atoms with Gasteiger partial charge in [0.25, 0.3) is 0 Å². The van der Waals surface area contributed by atoms with E-state index in [0.717, 1.165) is 38.9 Å². The van der Waals surface area contributed by atoms with Crippen molar-refractivity contribution in [2.24, 2.45) is 0 Å². The lowest BCUT2D eigenvalue weighted by atomic mass is 10.0. The van der Waals surface area contributed by atoms with Gasteiger partial charge in [0.1, 0.15) is 0 Å². The van der Waals surface area contributed by atoms with Crippen LogP contribution in [0.2, 0.25) is 0 Å². The molecular formula is C51H34N4. The number of aromatic nitrogens is 4. The van der Waals surface area contributed by atoms with Crippen LogP contribution in [0.3, 0.4) is 0 Å². The van der Waals surface area contributed by atoms with E-state index in [1.165, 1.54) is 0 Å². The van der Waals surface area contributed by atoms with Gasteiger partial charge in [-0.25, -0.2) is 15.0 Å². The molecule has 8 aromatic carbocycles. The Balaban J connectivity index is 1.06. The second-order valence-corrected chi connectivity index (χ2v) is 13.0. The smallest absolute Gasteiger partial charge is 0.164 e. The molecule has 0 aliphatic carbocycles. The maximum atomic E-state index is 9.05. The van der Waals surface area contributed by atoms with Gasteiger partial charge < -0.3 is 4.57 Å². The van der Waals surface area contributed by atoms with Gasteiger partial charge in [0.15, 0.2) is 17.5 Å². The molecule has 2 heterocycles. The highest BCUT2D eigenvalue weighted by molar-refractivity contribution is 6.13. The van der Waals surface area contributed by atoms with Gasteiger partial charge in [0, 0.05) is 38.7 Å². The summed E-state index contributed by atoms with van der Waals surface area (Å²) >= 11 is 0. The largest absolute Gasteiger partial charge is 0.309 e. The van der Waals surface area contributed by atoms with Crippen molar-refractivity contribution in [1.29, 1.82) is 0 Å². The third-order valence-corrected chi connectivity index (χ3v) is 9.71. The summed E-state index contributed by atoms with van der Waals surface area (Å²) < 4.78 is 79.4. The van der Waals surface area contributed by atoms with E-state index in [4.69, 9.17) is 27.3 Å². The van der Waals surface area contributed by atoms with E-state index < -0.39 is 42.3 Å². The summed E-state index contributed by atoms with van der Waals surface area (Å²) in [5.74, 6) is 1.62. The second-order valence-electron chi connectivity index (χ2n) is 13.0. The van der Waals surface area contributed by atoms with Gasteiger partial charge in [-0.15, -0.1) is 0 Å². The van der Waals surface area contributed by atoms with E-state index >= 15 is 0 Å². The molecule has 10 rings (SSSR count). The number of fused-ring (bicyclic) bond motifs is 3. The van der Waals surface area contributed by atoms with Gasteiger partial charge in [-0.1, -0.05) is 188 Å². The van der Waals surface area contributed by atoms with Crippen molar-refractivity contribution in [2.45, 2.75) is 0 Å². The first-order chi connectivity index (χ1) is 31.0. The van der Waals surface area contributed by atoms with Crippen LogP contribution in [-0.2, 0) is 0 Å². The molecule has 4 heteroatoms. The first-order valence-electron chi connectivity index (χ1n) is 22.3. The fraction of sp³-hybridized carbons (Fsp3) is 0. The number of para-hydroxylation sites is 2. The Labute approximate surface area is 332 Å². The van der Waals surface area contributed by atoms with Crippen molar-refractivity contribution < 1.29 is 12.3 Å². The van der Waals surface area contributed by atoms with Crippen LogP contribution in [-0.4, -0.2) is 19.5 Å². The van der Waals surface area contributed by atoms with Gasteiger partial charge in [-0.2, -0.15) is 0 Å². The minimum atomic E-state index is -0.519. The van der Waals surface area contributed by atoms with Gasteiger partial charge in [-0.05, 0) is 46.0 Å². The summed E-state index contributed by atoms with van der Waals surface area (Å²) in [7, 11) is 0. The number of rotatable bonds is 7. The molecule has 0 radical (unpaired) electrons. The van der Waals surface area contributed by atoms with Crippen molar-refractivity contribution in [3.8, 4) is 73.2 Å². The molecule has 0 amide bonds. The zero-order chi connectivity index (χ0) is 44.4. The van der Waals surface area contributed by atoms with Crippen LogP contribution in [0.1, 0.15) is 12.3 Å². The molecule has 2 aromatic heterocycles. The lowest BCUT2D eigenvalue weighted by Gasteiger charge is -2.13. The molecular weight excluding hydrogens is 669 g/mol. The SMILES string of the molecule is [2H]c1c([2H])c([2H])c(-c2cccc3c4c([2H])c([2H])c([2H])c([2H])c4n(-c4ccc(-c5ccc(-c6nc(-c7ccccc7)nc(-c7ccc(-c8ccccc8)cc7)n6)cc5)cc4)c23)c([2H])c1[2H]. The van der Waals surface area contributed by atoms with E-state index in [0.29, 0.717) is 39.6 Å². The number of hydrogen-bond acceptors (Lipinski definition) is 3. The van der Waals surface area contributed by atoms with Gasteiger partial charge in [0.2, 0.25) is 0 Å². The Morgan fingerprint density at radius 2 is 0.800 bits per heavy atom. The van der Waals surface area contributed by atoms with Gasteiger partial charge in [-0.3, -0.25) is 0 Å². The van der Waals surface area contributed by atoms with Crippen molar-refractivity contribution in [3.05, 3.63) is 206 Å². The fourth-order valence-electron chi connectivity index (χ4n) is 7.02. The molecule has 0 spiro atoms. The van der Waals surface area contributed by atoms with Crippen molar-refractivity contribution in [1.82, 2.24) is 19.5 Å². The standard InChI is InChI=1S/C51H34N4/c1-4-13-35(14-5-1)36-23-27-41(28-24-36)50-52-49(40-17-8-3-9-18-40)53-51(54-50)42-29-25-37(26-30-42)38-31-33-43(34-32-38)55-47-22-11-10-19-45(47)46-21-12-20-44(48(46)55)39-15-6-2-7-16-39/h1-34H/i2D,6D,7D,10D,11D,15D,16D,19D,22D. The van der Waals surface area contributed by atoms with E-state index in [9.17, 15) is 0 Å². The molecule has 0 N–H and O–H groups in total. The summed E-state index contributed by atoms with van der Waals surface area (Å²) in [6.45, 7) is 0. The number of nitrogens with zero attached hydrogens (tertiary/aromatic N) is 4. The number of benzene rings is 8.